The summed E-state index contributed by atoms with van der Waals surface area (Å²) in [6.07, 6.45) is -3.28. The fraction of sp³-hybridized carbons (Fsp3) is 0.481. The molecular formula is C27H34ClF3N4O4. The monoisotopic (exact) mass is 570 g/mol. The van der Waals surface area contributed by atoms with E-state index in [1.807, 2.05) is 36.1 Å². The summed E-state index contributed by atoms with van der Waals surface area (Å²) in [5.41, 5.74) is 7.94. The maximum Gasteiger partial charge on any atom is 0.422 e. The van der Waals surface area contributed by atoms with Crippen LogP contribution in [0.4, 0.5) is 18.9 Å². The van der Waals surface area contributed by atoms with Crippen LogP contribution in [0.15, 0.2) is 42.5 Å². The molecule has 2 amide bonds. The molecule has 0 aromatic heterocycles. The number of nitrogens with one attached hydrogen (secondary N) is 1. The lowest BCUT2D eigenvalue weighted by Crippen LogP contribution is -2.60. The highest BCUT2D eigenvalue weighted by Gasteiger charge is 2.35. The smallest absolute Gasteiger partial charge is 0.422 e. The van der Waals surface area contributed by atoms with E-state index in [2.05, 4.69) is 5.32 Å². The van der Waals surface area contributed by atoms with E-state index in [-0.39, 0.29) is 49.3 Å². The highest BCUT2D eigenvalue weighted by molar-refractivity contribution is 5.89. The SMILES string of the molecule is Cc1ccccc1N1CCN(C(=O)Cc2ccc(OC3CCNCC3)cc2OCC(F)(F)F)C(C(N)=O)C1.Cl. The molecule has 1 unspecified atom stereocenters. The van der Waals surface area contributed by atoms with E-state index in [0.717, 1.165) is 37.2 Å². The number of ether oxygens (including phenoxy) is 2. The predicted molar refractivity (Wildman–Crippen MR) is 144 cm³/mol. The van der Waals surface area contributed by atoms with Crippen molar-refractivity contribution in [1.82, 2.24) is 10.2 Å². The first-order valence-corrected chi connectivity index (χ1v) is 12.7. The van der Waals surface area contributed by atoms with Gasteiger partial charge in [0.25, 0.3) is 0 Å². The number of piperazine rings is 1. The molecule has 2 aromatic carbocycles. The Kier molecular flexibility index (Phi) is 10.3. The first-order valence-electron chi connectivity index (χ1n) is 12.7. The van der Waals surface area contributed by atoms with Gasteiger partial charge in [0.1, 0.15) is 23.6 Å². The Morgan fingerprint density at radius 1 is 1.10 bits per heavy atom. The maximum absolute atomic E-state index is 13.3. The van der Waals surface area contributed by atoms with Crippen LogP contribution in [0.5, 0.6) is 11.5 Å². The summed E-state index contributed by atoms with van der Waals surface area (Å²) in [6, 6.07) is 11.4. The van der Waals surface area contributed by atoms with E-state index in [9.17, 15) is 22.8 Å². The van der Waals surface area contributed by atoms with Crippen molar-refractivity contribution >= 4 is 29.9 Å². The van der Waals surface area contributed by atoms with E-state index >= 15 is 0 Å². The molecule has 0 radical (unpaired) electrons. The molecule has 8 nitrogen and oxygen atoms in total. The zero-order chi connectivity index (χ0) is 27.3. The molecule has 0 spiro atoms. The predicted octanol–water partition coefficient (Wildman–Crippen LogP) is 3.23. The van der Waals surface area contributed by atoms with Crippen molar-refractivity contribution in [3.05, 3.63) is 53.6 Å². The summed E-state index contributed by atoms with van der Waals surface area (Å²) in [7, 11) is 0. The molecule has 39 heavy (non-hydrogen) atoms. The van der Waals surface area contributed by atoms with Crippen LogP contribution in [0.25, 0.3) is 0 Å². The Labute approximate surface area is 232 Å². The van der Waals surface area contributed by atoms with Crippen molar-refractivity contribution in [1.29, 1.82) is 0 Å². The number of amides is 2. The molecule has 2 fully saturated rings. The second-order valence-electron chi connectivity index (χ2n) is 9.66. The van der Waals surface area contributed by atoms with Gasteiger partial charge < -0.3 is 30.3 Å². The van der Waals surface area contributed by atoms with E-state index < -0.39 is 30.6 Å². The zero-order valence-electron chi connectivity index (χ0n) is 21.7. The zero-order valence-corrected chi connectivity index (χ0v) is 22.5. The van der Waals surface area contributed by atoms with Gasteiger partial charge in [-0.25, -0.2) is 0 Å². The van der Waals surface area contributed by atoms with Gasteiger partial charge in [0.2, 0.25) is 11.8 Å². The van der Waals surface area contributed by atoms with Gasteiger partial charge in [-0.05, 0) is 50.6 Å². The van der Waals surface area contributed by atoms with Crippen LogP contribution in [0, 0.1) is 6.92 Å². The Balaban J connectivity index is 0.00000420. The number of nitrogens with zero attached hydrogens (tertiary/aromatic N) is 2. The molecule has 2 heterocycles. The van der Waals surface area contributed by atoms with Gasteiger partial charge in [-0.15, -0.1) is 12.4 Å². The molecule has 214 valence electrons. The molecule has 2 aromatic rings. The first-order chi connectivity index (χ1) is 18.1. The molecule has 1 atom stereocenters. The van der Waals surface area contributed by atoms with Crippen LogP contribution >= 0.6 is 12.4 Å². The summed E-state index contributed by atoms with van der Waals surface area (Å²) in [4.78, 5) is 29.1. The minimum absolute atomic E-state index is 0. The summed E-state index contributed by atoms with van der Waals surface area (Å²) < 4.78 is 49.9. The van der Waals surface area contributed by atoms with E-state index in [0.29, 0.717) is 12.3 Å². The topological polar surface area (TPSA) is 97.1 Å². The lowest BCUT2D eigenvalue weighted by molar-refractivity contribution is -0.153. The number of hydrogen-bond donors (Lipinski definition) is 2. The molecule has 0 bridgehead atoms. The number of halogens is 4. The van der Waals surface area contributed by atoms with E-state index in [4.69, 9.17) is 15.2 Å². The van der Waals surface area contributed by atoms with Crippen molar-refractivity contribution in [3.63, 3.8) is 0 Å². The molecule has 2 saturated heterocycles. The quantitative estimate of drug-likeness (QED) is 0.506. The summed E-state index contributed by atoms with van der Waals surface area (Å²) >= 11 is 0. The molecule has 4 rings (SSSR count). The number of primary amides is 1. The summed E-state index contributed by atoms with van der Waals surface area (Å²) in [5.74, 6) is -0.749. The van der Waals surface area contributed by atoms with Gasteiger partial charge in [-0.3, -0.25) is 9.59 Å². The van der Waals surface area contributed by atoms with Crippen molar-refractivity contribution in [3.8, 4) is 11.5 Å². The number of anilines is 1. The standard InChI is InChI=1S/C27H33F3N4O4.ClH/c1-18-4-2-3-5-22(18)33-12-13-34(23(16-33)26(31)36)25(35)14-19-6-7-21(38-20-8-10-32-11-9-20)15-24(19)37-17-27(28,29)30;/h2-7,15,20,23,32H,8-14,16-17H2,1H3,(H2,31,36);1H. The fourth-order valence-corrected chi connectivity index (χ4v) is 4.88. The van der Waals surface area contributed by atoms with E-state index in [1.165, 1.54) is 11.0 Å². The van der Waals surface area contributed by atoms with Gasteiger partial charge in [0, 0.05) is 37.0 Å². The number of hydrogen-bond acceptors (Lipinski definition) is 6. The minimum Gasteiger partial charge on any atom is -0.490 e. The fourth-order valence-electron chi connectivity index (χ4n) is 4.88. The van der Waals surface area contributed by atoms with Crippen LogP contribution < -0.4 is 25.4 Å². The maximum atomic E-state index is 13.3. The van der Waals surface area contributed by atoms with Crippen LogP contribution in [0.1, 0.15) is 24.0 Å². The molecular weight excluding hydrogens is 537 g/mol. The lowest BCUT2D eigenvalue weighted by Gasteiger charge is -2.41. The normalized spacial score (nSPS) is 18.3. The third-order valence-electron chi connectivity index (χ3n) is 6.85. The van der Waals surface area contributed by atoms with Gasteiger partial charge in [0.15, 0.2) is 6.61 Å². The molecule has 12 heteroatoms. The molecule has 0 aliphatic carbocycles. The Morgan fingerprint density at radius 2 is 1.82 bits per heavy atom. The highest BCUT2D eigenvalue weighted by Crippen LogP contribution is 2.30. The van der Waals surface area contributed by atoms with Crippen molar-refractivity contribution in [2.75, 3.05) is 44.2 Å². The van der Waals surface area contributed by atoms with Gasteiger partial charge in [-0.1, -0.05) is 24.3 Å². The van der Waals surface area contributed by atoms with Crippen LogP contribution in [0.3, 0.4) is 0 Å². The molecule has 0 saturated carbocycles. The first kappa shape index (κ1) is 30.4. The average molecular weight is 571 g/mol. The van der Waals surface area contributed by atoms with Crippen molar-refractivity contribution < 1.29 is 32.2 Å². The highest BCUT2D eigenvalue weighted by atomic mass is 35.5. The van der Waals surface area contributed by atoms with E-state index in [1.54, 1.807) is 12.1 Å². The molecule has 3 N–H and O–H groups in total. The number of para-hydroxylation sites is 1. The molecule has 2 aliphatic rings. The van der Waals surface area contributed by atoms with Crippen LogP contribution in [-0.4, -0.2) is 74.4 Å². The second kappa shape index (κ2) is 13.3. The number of benzene rings is 2. The number of rotatable bonds is 8. The van der Waals surface area contributed by atoms with Crippen molar-refractivity contribution in [2.45, 2.75) is 44.5 Å². The molecule has 2 aliphatic heterocycles. The summed E-state index contributed by atoms with van der Waals surface area (Å²) in [6.45, 7) is 3.03. The van der Waals surface area contributed by atoms with Crippen molar-refractivity contribution in [2.24, 2.45) is 5.73 Å². The Hall–Kier alpha value is -3.18. The third-order valence-corrected chi connectivity index (χ3v) is 6.85. The largest absolute Gasteiger partial charge is 0.490 e. The second-order valence-corrected chi connectivity index (χ2v) is 9.66. The number of alkyl halides is 3. The van der Waals surface area contributed by atoms with Gasteiger partial charge >= 0.3 is 6.18 Å². The Morgan fingerprint density at radius 3 is 2.49 bits per heavy atom. The van der Waals surface area contributed by atoms with Gasteiger partial charge in [0.05, 0.1) is 6.42 Å². The average Bonchev–Trinajstić information content (AvgIpc) is 2.88. The number of carbonyl (C=O) groups excluding carboxylic acids is 2. The van der Waals surface area contributed by atoms with Crippen LogP contribution in [0.2, 0.25) is 0 Å². The Bertz CT molecular complexity index is 1140. The number of carbonyl (C=O) groups is 2. The third kappa shape index (κ3) is 8.15. The lowest BCUT2D eigenvalue weighted by atomic mass is 10.0. The van der Waals surface area contributed by atoms with Crippen LogP contribution in [-0.2, 0) is 16.0 Å². The minimum atomic E-state index is -4.55. The number of nitrogens with two attached hydrogens (primary N) is 1. The number of piperidine rings is 1. The van der Waals surface area contributed by atoms with Gasteiger partial charge in [-0.2, -0.15) is 13.2 Å². The number of aryl methyl sites for hydroxylation is 1. The summed E-state index contributed by atoms with van der Waals surface area (Å²) in [5, 5.41) is 3.23.